The summed E-state index contributed by atoms with van der Waals surface area (Å²) >= 11 is 12.1. The Morgan fingerprint density at radius 1 is 1.04 bits per heavy atom. The van der Waals surface area contributed by atoms with Crippen LogP contribution in [0.15, 0.2) is 42.5 Å². The summed E-state index contributed by atoms with van der Waals surface area (Å²) in [5.74, 6) is -0.567. The predicted molar refractivity (Wildman–Crippen MR) is 108 cm³/mol. The first-order valence-electron chi connectivity index (χ1n) is 8.22. The van der Waals surface area contributed by atoms with Gasteiger partial charge in [-0.05, 0) is 29.2 Å². The average Bonchev–Trinajstić information content (AvgIpc) is 2.56. The molecule has 4 nitrogen and oxygen atoms in total. The molecule has 0 saturated carbocycles. The average molecular weight is 393 g/mol. The maximum absolute atomic E-state index is 12.5. The van der Waals surface area contributed by atoms with Gasteiger partial charge >= 0.3 is 0 Å². The molecule has 0 radical (unpaired) electrons. The molecule has 0 bridgehead atoms. The lowest BCUT2D eigenvalue weighted by Gasteiger charge is -2.29. The third-order valence-corrected chi connectivity index (χ3v) is 4.73. The number of hydrogen-bond donors (Lipinski definition) is 1. The second-order valence-corrected chi connectivity index (χ2v) is 7.81. The first-order chi connectivity index (χ1) is 12.1. The van der Waals surface area contributed by atoms with Gasteiger partial charge in [0.05, 0.1) is 15.7 Å². The molecule has 0 spiro atoms. The molecule has 0 atom stereocenters. The van der Waals surface area contributed by atoms with E-state index >= 15 is 0 Å². The summed E-state index contributed by atoms with van der Waals surface area (Å²) < 4.78 is 0. The highest BCUT2D eigenvalue weighted by Crippen LogP contribution is 2.32. The zero-order valence-corrected chi connectivity index (χ0v) is 16.8. The quantitative estimate of drug-likeness (QED) is 0.768. The van der Waals surface area contributed by atoms with Crippen molar-refractivity contribution >= 4 is 46.4 Å². The van der Waals surface area contributed by atoms with Crippen molar-refractivity contribution in [3.8, 4) is 0 Å². The van der Waals surface area contributed by atoms with Gasteiger partial charge < -0.3 is 10.2 Å². The molecule has 2 rings (SSSR count). The van der Waals surface area contributed by atoms with E-state index < -0.39 is 0 Å². The normalized spacial score (nSPS) is 11.2. The summed E-state index contributed by atoms with van der Waals surface area (Å²) in [5, 5.41) is 3.34. The molecule has 2 amide bonds. The minimum atomic E-state index is -0.354. The molecular formula is C20H22Cl2N2O2. The molecule has 1 N–H and O–H groups in total. The molecule has 0 aliphatic heterocycles. The van der Waals surface area contributed by atoms with Crippen LogP contribution in [-0.2, 0) is 15.0 Å². The molecule has 6 heteroatoms. The minimum absolute atomic E-state index is 0.120. The summed E-state index contributed by atoms with van der Waals surface area (Å²) in [7, 11) is 0. The largest absolute Gasteiger partial charge is 0.323 e. The fraction of sp³-hybridized carbons (Fsp3) is 0.300. The van der Waals surface area contributed by atoms with Gasteiger partial charge in [-0.15, -0.1) is 0 Å². The number of rotatable bonds is 4. The zero-order chi connectivity index (χ0) is 19.5. The molecule has 0 aliphatic rings. The van der Waals surface area contributed by atoms with E-state index in [4.69, 9.17) is 23.2 Å². The van der Waals surface area contributed by atoms with Crippen molar-refractivity contribution in [3.63, 3.8) is 0 Å². The Morgan fingerprint density at radius 3 is 2.31 bits per heavy atom. The van der Waals surface area contributed by atoms with Gasteiger partial charge in [-0.2, -0.15) is 0 Å². The van der Waals surface area contributed by atoms with Crippen molar-refractivity contribution in [3.05, 3.63) is 58.1 Å². The van der Waals surface area contributed by atoms with Crippen LogP contribution in [-0.4, -0.2) is 18.4 Å². The van der Waals surface area contributed by atoms with Crippen LogP contribution in [0, 0.1) is 0 Å². The molecule has 2 aromatic rings. The number of anilines is 2. The molecule has 138 valence electrons. The third kappa shape index (κ3) is 4.77. The number of carbonyl (C=O) groups is 2. The maximum Gasteiger partial charge on any atom is 0.244 e. The summed E-state index contributed by atoms with van der Waals surface area (Å²) in [6.07, 6.45) is 0. The van der Waals surface area contributed by atoms with Gasteiger partial charge in [0.2, 0.25) is 11.8 Å². The lowest BCUT2D eigenvalue weighted by molar-refractivity contribution is -0.120. The van der Waals surface area contributed by atoms with E-state index in [2.05, 4.69) is 26.1 Å². The van der Waals surface area contributed by atoms with Crippen molar-refractivity contribution in [2.45, 2.75) is 33.1 Å². The van der Waals surface area contributed by atoms with Crippen molar-refractivity contribution < 1.29 is 9.59 Å². The number of nitrogens with one attached hydrogen (secondary N) is 1. The highest BCUT2D eigenvalue weighted by molar-refractivity contribution is 6.44. The van der Waals surface area contributed by atoms with Gasteiger partial charge in [-0.3, -0.25) is 9.59 Å². The van der Waals surface area contributed by atoms with Crippen LogP contribution >= 0.6 is 23.2 Å². The first kappa shape index (κ1) is 20.3. The lowest BCUT2D eigenvalue weighted by Crippen LogP contribution is -2.38. The van der Waals surface area contributed by atoms with E-state index in [0.29, 0.717) is 10.7 Å². The first-order valence-corrected chi connectivity index (χ1v) is 8.98. The SMILES string of the molecule is CC(=O)N(CC(=O)Nc1cccc(Cl)c1Cl)c1ccccc1C(C)(C)C. The molecular weight excluding hydrogens is 371 g/mol. The number of nitrogens with zero attached hydrogens (tertiary/aromatic N) is 1. The standard InChI is InChI=1S/C20H22Cl2N2O2/c1-13(25)24(17-11-6-5-8-14(17)20(2,3)4)12-18(26)23-16-10-7-9-15(21)19(16)22/h5-11H,12H2,1-4H3,(H,23,26). The van der Waals surface area contributed by atoms with Gasteiger partial charge in [0.25, 0.3) is 0 Å². The molecule has 0 unspecified atom stereocenters. The van der Waals surface area contributed by atoms with E-state index in [-0.39, 0.29) is 28.8 Å². The Balaban J connectivity index is 2.29. The molecule has 0 saturated heterocycles. The van der Waals surface area contributed by atoms with E-state index in [1.54, 1.807) is 18.2 Å². The summed E-state index contributed by atoms with van der Waals surface area (Å²) in [4.78, 5) is 26.2. The van der Waals surface area contributed by atoms with Crippen LogP contribution in [0.3, 0.4) is 0 Å². The Labute approximate surface area is 164 Å². The molecule has 0 aromatic heterocycles. The van der Waals surface area contributed by atoms with E-state index in [9.17, 15) is 9.59 Å². The number of hydrogen-bond acceptors (Lipinski definition) is 2. The van der Waals surface area contributed by atoms with E-state index in [1.807, 2.05) is 24.3 Å². The van der Waals surface area contributed by atoms with Gasteiger partial charge in [-0.25, -0.2) is 0 Å². The predicted octanol–water partition coefficient (Wildman–Crippen LogP) is 5.28. The smallest absolute Gasteiger partial charge is 0.244 e. The number of benzene rings is 2. The molecule has 26 heavy (non-hydrogen) atoms. The maximum atomic E-state index is 12.5. The molecule has 0 heterocycles. The molecule has 2 aromatic carbocycles. The third-order valence-electron chi connectivity index (χ3n) is 3.91. The minimum Gasteiger partial charge on any atom is -0.323 e. The van der Waals surface area contributed by atoms with Crippen molar-refractivity contribution in [2.24, 2.45) is 0 Å². The fourth-order valence-electron chi connectivity index (χ4n) is 2.64. The van der Waals surface area contributed by atoms with Crippen molar-refractivity contribution in [2.75, 3.05) is 16.8 Å². The monoisotopic (exact) mass is 392 g/mol. The van der Waals surface area contributed by atoms with Gasteiger partial charge in [-0.1, -0.05) is 68.2 Å². The molecule has 0 fully saturated rings. The molecule has 0 aliphatic carbocycles. The van der Waals surface area contributed by atoms with Crippen LogP contribution in [0.25, 0.3) is 0 Å². The highest BCUT2D eigenvalue weighted by Gasteiger charge is 2.24. The Bertz CT molecular complexity index is 829. The van der Waals surface area contributed by atoms with Crippen LogP contribution in [0.2, 0.25) is 10.0 Å². The Kier molecular flexibility index (Phi) is 6.32. The second kappa shape index (κ2) is 8.11. The van der Waals surface area contributed by atoms with Gasteiger partial charge in [0, 0.05) is 12.6 Å². The van der Waals surface area contributed by atoms with Crippen molar-refractivity contribution in [1.29, 1.82) is 0 Å². The lowest BCUT2D eigenvalue weighted by atomic mass is 9.85. The number of carbonyl (C=O) groups excluding carboxylic acids is 2. The van der Waals surface area contributed by atoms with E-state index in [0.717, 1.165) is 11.3 Å². The Morgan fingerprint density at radius 2 is 1.69 bits per heavy atom. The van der Waals surface area contributed by atoms with Crippen molar-refractivity contribution in [1.82, 2.24) is 0 Å². The second-order valence-electron chi connectivity index (χ2n) is 7.02. The summed E-state index contributed by atoms with van der Waals surface area (Å²) in [6, 6.07) is 12.6. The van der Waals surface area contributed by atoms with Crippen LogP contribution in [0.4, 0.5) is 11.4 Å². The number of amides is 2. The van der Waals surface area contributed by atoms with Crippen LogP contribution in [0.1, 0.15) is 33.3 Å². The number of para-hydroxylation sites is 1. The summed E-state index contributed by atoms with van der Waals surface area (Å²) in [6.45, 7) is 7.52. The topological polar surface area (TPSA) is 49.4 Å². The summed E-state index contributed by atoms with van der Waals surface area (Å²) in [5.41, 5.74) is 1.96. The Hall–Kier alpha value is -2.04. The van der Waals surface area contributed by atoms with Crippen LogP contribution in [0.5, 0.6) is 0 Å². The van der Waals surface area contributed by atoms with Gasteiger partial charge in [0.1, 0.15) is 6.54 Å². The highest BCUT2D eigenvalue weighted by atomic mass is 35.5. The van der Waals surface area contributed by atoms with Crippen LogP contribution < -0.4 is 10.2 Å². The van der Waals surface area contributed by atoms with E-state index in [1.165, 1.54) is 11.8 Å². The number of halogens is 2. The fourth-order valence-corrected chi connectivity index (χ4v) is 2.99. The zero-order valence-electron chi connectivity index (χ0n) is 15.3. The van der Waals surface area contributed by atoms with Gasteiger partial charge in [0.15, 0.2) is 0 Å².